The van der Waals surface area contributed by atoms with E-state index in [-0.39, 0.29) is 12.5 Å². The summed E-state index contributed by atoms with van der Waals surface area (Å²) in [7, 11) is 0. The summed E-state index contributed by atoms with van der Waals surface area (Å²) in [4.78, 5) is 23.7. The van der Waals surface area contributed by atoms with Crippen LogP contribution in [0.4, 0.5) is 5.13 Å². The summed E-state index contributed by atoms with van der Waals surface area (Å²) in [5.41, 5.74) is 0.901. The summed E-state index contributed by atoms with van der Waals surface area (Å²) in [5.74, 6) is 1.14. The summed E-state index contributed by atoms with van der Waals surface area (Å²) in [6, 6.07) is 13.7. The second-order valence-corrected chi connectivity index (χ2v) is 9.53. The van der Waals surface area contributed by atoms with Crippen LogP contribution in [0.25, 0.3) is 10.2 Å². The van der Waals surface area contributed by atoms with Crippen molar-refractivity contribution in [2.24, 2.45) is 0 Å². The first-order chi connectivity index (χ1) is 15.7. The number of anilines is 1. The van der Waals surface area contributed by atoms with Crippen LogP contribution in [0.5, 0.6) is 11.5 Å². The summed E-state index contributed by atoms with van der Waals surface area (Å²) < 4.78 is 18.4. The molecule has 1 atom stereocenters. The van der Waals surface area contributed by atoms with Crippen LogP contribution >= 0.6 is 23.1 Å². The fourth-order valence-electron chi connectivity index (χ4n) is 3.82. The Morgan fingerprint density at radius 1 is 1.22 bits per heavy atom. The van der Waals surface area contributed by atoms with Gasteiger partial charge in [0.2, 0.25) is 6.10 Å². The van der Waals surface area contributed by atoms with Gasteiger partial charge in [0.25, 0.3) is 5.91 Å². The van der Waals surface area contributed by atoms with E-state index in [0.29, 0.717) is 23.2 Å². The molecule has 0 bridgehead atoms. The molecule has 168 valence electrons. The Hall–Kier alpha value is -2.33. The molecule has 2 aliphatic rings. The van der Waals surface area contributed by atoms with E-state index in [4.69, 9.17) is 19.2 Å². The van der Waals surface area contributed by atoms with Gasteiger partial charge in [-0.1, -0.05) is 23.5 Å². The average Bonchev–Trinajstić information content (AvgIpc) is 3.27. The van der Waals surface area contributed by atoms with Gasteiger partial charge in [-0.05, 0) is 36.6 Å². The molecule has 1 fully saturated rings. The first kappa shape index (κ1) is 21.5. The molecule has 1 unspecified atom stereocenters. The highest BCUT2D eigenvalue weighted by Crippen LogP contribution is 2.34. The van der Waals surface area contributed by atoms with Gasteiger partial charge in [-0.3, -0.25) is 14.6 Å². The molecule has 0 radical (unpaired) electrons. The minimum atomic E-state index is -0.705. The number of fused-ring (bicyclic) bond motifs is 2. The van der Waals surface area contributed by atoms with Crippen molar-refractivity contribution in [3.8, 4) is 11.5 Å². The Balaban J connectivity index is 1.40. The Labute approximate surface area is 195 Å². The molecule has 0 spiro atoms. The van der Waals surface area contributed by atoms with Crippen molar-refractivity contribution in [1.29, 1.82) is 0 Å². The molecule has 0 saturated carbocycles. The Morgan fingerprint density at radius 2 is 2.03 bits per heavy atom. The predicted octanol–water partition coefficient (Wildman–Crippen LogP) is 3.52. The summed E-state index contributed by atoms with van der Waals surface area (Å²) in [6.07, 6.45) is 1.35. The first-order valence-corrected chi connectivity index (χ1v) is 12.7. The lowest BCUT2D eigenvalue weighted by atomic mass is 10.2. The van der Waals surface area contributed by atoms with Crippen molar-refractivity contribution in [2.75, 3.05) is 57.2 Å². The maximum Gasteiger partial charge on any atom is 0.273 e. The van der Waals surface area contributed by atoms with Gasteiger partial charge in [-0.15, -0.1) is 11.8 Å². The number of thiazole rings is 1. The maximum absolute atomic E-state index is 13.6. The zero-order valence-electron chi connectivity index (χ0n) is 17.9. The highest BCUT2D eigenvalue weighted by molar-refractivity contribution is 7.98. The van der Waals surface area contributed by atoms with Crippen LogP contribution in [0.1, 0.15) is 0 Å². The van der Waals surface area contributed by atoms with Crippen LogP contribution < -0.4 is 14.4 Å². The number of benzene rings is 2. The van der Waals surface area contributed by atoms with E-state index in [1.807, 2.05) is 30.3 Å². The van der Waals surface area contributed by atoms with Crippen molar-refractivity contribution >= 4 is 44.4 Å². The van der Waals surface area contributed by atoms with Crippen molar-refractivity contribution in [3.63, 3.8) is 0 Å². The molecule has 3 heterocycles. The van der Waals surface area contributed by atoms with Crippen LogP contribution in [-0.2, 0) is 9.53 Å². The van der Waals surface area contributed by atoms with E-state index in [2.05, 4.69) is 23.3 Å². The smallest absolute Gasteiger partial charge is 0.273 e. The van der Waals surface area contributed by atoms with Crippen molar-refractivity contribution in [1.82, 2.24) is 9.88 Å². The molecular formula is C23H25N3O4S2. The minimum absolute atomic E-state index is 0.128. The van der Waals surface area contributed by atoms with E-state index in [1.54, 1.807) is 28.0 Å². The Morgan fingerprint density at radius 3 is 2.84 bits per heavy atom. The van der Waals surface area contributed by atoms with E-state index in [1.165, 1.54) is 4.90 Å². The SMILES string of the molecule is CSc1ccc2nc(N(CCN3CCOCC3)C(=O)C3COc4ccccc4O3)sc2c1. The van der Waals surface area contributed by atoms with E-state index >= 15 is 0 Å². The number of hydrogen-bond donors (Lipinski definition) is 0. The summed E-state index contributed by atoms with van der Waals surface area (Å²) in [6.45, 7) is 4.67. The molecule has 5 rings (SSSR count). The number of rotatable bonds is 6. The number of ether oxygens (including phenoxy) is 3. The summed E-state index contributed by atoms with van der Waals surface area (Å²) in [5, 5.41) is 0.693. The van der Waals surface area contributed by atoms with E-state index in [9.17, 15) is 4.79 Å². The number of carbonyl (C=O) groups excluding carboxylic acids is 1. The zero-order chi connectivity index (χ0) is 21.9. The van der Waals surface area contributed by atoms with Gasteiger partial charge in [0, 0.05) is 31.1 Å². The zero-order valence-corrected chi connectivity index (χ0v) is 19.5. The van der Waals surface area contributed by atoms with Gasteiger partial charge in [0.15, 0.2) is 16.6 Å². The number of nitrogens with zero attached hydrogens (tertiary/aromatic N) is 3. The van der Waals surface area contributed by atoms with Crippen molar-refractivity contribution < 1.29 is 19.0 Å². The number of hydrogen-bond acceptors (Lipinski definition) is 8. The molecule has 1 saturated heterocycles. The van der Waals surface area contributed by atoms with E-state index in [0.717, 1.165) is 43.1 Å². The second kappa shape index (κ2) is 9.66. The molecular weight excluding hydrogens is 446 g/mol. The molecule has 32 heavy (non-hydrogen) atoms. The van der Waals surface area contributed by atoms with Crippen LogP contribution in [0.15, 0.2) is 47.4 Å². The standard InChI is InChI=1S/C23H25N3O4S2/c1-31-16-6-7-17-21(14-16)32-23(24-17)26(9-8-25-10-12-28-13-11-25)22(27)20-15-29-18-4-2-3-5-19(18)30-20/h2-7,14,20H,8-13,15H2,1H3. The lowest BCUT2D eigenvalue weighted by molar-refractivity contribution is -0.127. The topological polar surface area (TPSA) is 64.1 Å². The van der Waals surface area contributed by atoms with E-state index < -0.39 is 6.10 Å². The van der Waals surface area contributed by atoms with Gasteiger partial charge in [-0.2, -0.15) is 0 Å². The number of aromatic nitrogens is 1. The maximum atomic E-state index is 13.6. The molecule has 3 aromatic rings. The van der Waals surface area contributed by atoms with Gasteiger partial charge in [-0.25, -0.2) is 4.98 Å². The number of amides is 1. The third kappa shape index (κ3) is 4.56. The fourth-order valence-corrected chi connectivity index (χ4v) is 5.37. The minimum Gasteiger partial charge on any atom is -0.485 e. The lowest BCUT2D eigenvalue weighted by Crippen LogP contribution is -2.49. The number of carbonyl (C=O) groups is 1. The van der Waals surface area contributed by atoms with Crippen molar-refractivity contribution in [3.05, 3.63) is 42.5 Å². The Kier molecular flexibility index (Phi) is 6.49. The molecule has 7 nitrogen and oxygen atoms in total. The van der Waals surface area contributed by atoms with Crippen LogP contribution in [0.2, 0.25) is 0 Å². The predicted molar refractivity (Wildman–Crippen MR) is 127 cm³/mol. The lowest BCUT2D eigenvalue weighted by Gasteiger charge is -2.32. The molecule has 0 aliphatic carbocycles. The number of para-hydroxylation sites is 2. The number of morpholine rings is 1. The number of thioether (sulfide) groups is 1. The molecule has 0 N–H and O–H groups in total. The van der Waals surface area contributed by atoms with Gasteiger partial charge in [0.05, 0.1) is 23.4 Å². The highest BCUT2D eigenvalue weighted by Gasteiger charge is 2.33. The van der Waals surface area contributed by atoms with Crippen LogP contribution in [0.3, 0.4) is 0 Å². The average molecular weight is 472 g/mol. The molecule has 1 amide bonds. The third-order valence-electron chi connectivity index (χ3n) is 5.61. The molecule has 9 heteroatoms. The largest absolute Gasteiger partial charge is 0.485 e. The quantitative estimate of drug-likeness (QED) is 0.510. The highest BCUT2D eigenvalue weighted by atomic mass is 32.2. The first-order valence-electron chi connectivity index (χ1n) is 10.7. The molecule has 1 aromatic heterocycles. The van der Waals surface area contributed by atoms with Crippen LogP contribution in [0, 0.1) is 0 Å². The molecule has 2 aliphatic heterocycles. The second-order valence-electron chi connectivity index (χ2n) is 7.64. The Bertz CT molecular complexity index is 1100. The van der Waals surface area contributed by atoms with Gasteiger partial charge >= 0.3 is 0 Å². The van der Waals surface area contributed by atoms with Crippen LogP contribution in [-0.4, -0.2) is 74.2 Å². The van der Waals surface area contributed by atoms with Crippen molar-refractivity contribution in [2.45, 2.75) is 11.0 Å². The summed E-state index contributed by atoms with van der Waals surface area (Å²) >= 11 is 3.24. The monoisotopic (exact) mass is 471 g/mol. The normalized spacial score (nSPS) is 18.6. The van der Waals surface area contributed by atoms with Gasteiger partial charge < -0.3 is 14.2 Å². The third-order valence-corrected chi connectivity index (χ3v) is 7.38. The fraction of sp³-hybridized carbons (Fsp3) is 0.391. The van der Waals surface area contributed by atoms with Gasteiger partial charge in [0.1, 0.15) is 6.61 Å². The molecule has 2 aromatic carbocycles.